The maximum Gasteiger partial charge on any atom is 0.311 e. The van der Waals surface area contributed by atoms with E-state index in [0.717, 1.165) is 25.9 Å². The number of aryl methyl sites for hydroxylation is 1. The van der Waals surface area contributed by atoms with E-state index in [2.05, 4.69) is 22.3 Å². The first-order valence-electron chi connectivity index (χ1n) is 7.46. The monoisotopic (exact) mass is 289 g/mol. The molecule has 5 heteroatoms. The van der Waals surface area contributed by atoms with Crippen molar-refractivity contribution in [2.45, 2.75) is 12.8 Å². The molecular formula is C16H23N3O2. The largest absolute Gasteiger partial charge is 0.348 e. The van der Waals surface area contributed by atoms with E-state index in [-0.39, 0.29) is 0 Å². The summed E-state index contributed by atoms with van der Waals surface area (Å²) in [5.74, 6) is -0.879. The van der Waals surface area contributed by atoms with Crippen LogP contribution < -0.4 is 5.32 Å². The van der Waals surface area contributed by atoms with Gasteiger partial charge in [-0.3, -0.25) is 9.59 Å². The van der Waals surface area contributed by atoms with Gasteiger partial charge < -0.3 is 15.1 Å². The van der Waals surface area contributed by atoms with E-state index in [1.165, 1.54) is 5.56 Å². The van der Waals surface area contributed by atoms with Crippen molar-refractivity contribution in [2.75, 3.05) is 39.8 Å². The first kappa shape index (κ1) is 15.5. The second-order valence-corrected chi connectivity index (χ2v) is 5.44. The highest BCUT2D eigenvalue weighted by molar-refractivity contribution is 6.35. The number of carbonyl (C=O) groups excluding carboxylic acids is 2. The maximum atomic E-state index is 12.0. The average molecular weight is 289 g/mol. The average Bonchev–Trinajstić information content (AvgIpc) is 2.52. The molecule has 114 valence electrons. The topological polar surface area (TPSA) is 52.7 Å². The van der Waals surface area contributed by atoms with Crippen LogP contribution in [0, 0.1) is 0 Å². The Kier molecular flexibility index (Phi) is 5.75. The molecule has 2 rings (SSSR count). The predicted molar refractivity (Wildman–Crippen MR) is 81.8 cm³/mol. The molecule has 0 bridgehead atoms. The Morgan fingerprint density at radius 2 is 1.76 bits per heavy atom. The third-order valence-corrected chi connectivity index (χ3v) is 3.76. The first-order chi connectivity index (χ1) is 10.2. The van der Waals surface area contributed by atoms with Gasteiger partial charge in [-0.15, -0.1) is 0 Å². The van der Waals surface area contributed by atoms with Crippen LogP contribution in [0.1, 0.15) is 12.0 Å². The van der Waals surface area contributed by atoms with Gasteiger partial charge >= 0.3 is 11.8 Å². The quantitative estimate of drug-likeness (QED) is 0.649. The van der Waals surface area contributed by atoms with E-state index in [1.54, 1.807) is 4.90 Å². The van der Waals surface area contributed by atoms with Crippen LogP contribution >= 0.6 is 0 Å². The maximum absolute atomic E-state index is 12.0. The minimum absolute atomic E-state index is 0.400. The zero-order chi connectivity index (χ0) is 15.1. The first-order valence-corrected chi connectivity index (χ1v) is 7.46. The molecule has 0 atom stereocenters. The number of rotatable bonds is 4. The van der Waals surface area contributed by atoms with Gasteiger partial charge in [-0.05, 0) is 25.5 Å². The zero-order valence-corrected chi connectivity index (χ0v) is 12.5. The third-order valence-electron chi connectivity index (χ3n) is 3.76. The van der Waals surface area contributed by atoms with Gasteiger partial charge in [0.2, 0.25) is 0 Å². The fourth-order valence-corrected chi connectivity index (χ4v) is 2.37. The van der Waals surface area contributed by atoms with Crippen molar-refractivity contribution in [2.24, 2.45) is 0 Å². The lowest BCUT2D eigenvalue weighted by Crippen LogP contribution is -2.51. The number of carbonyl (C=O) groups is 2. The van der Waals surface area contributed by atoms with Gasteiger partial charge in [0.05, 0.1) is 0 Å². The zero-order valence-electron chi connectivity index (χ0n) is 12.5. The number of piperazine rings is 1. The van der Waals surface area contributed by atoms with Crippen molar-refractivity contribution in [3.63, 3.8) is 0 Å². The smallest absolute Gasteiger partial charge is 0.311 e. The summed E-state index contributed by atoms with van der Waals surface area (Å²) < 4.78 is 0. The highest BCUT2D eigenvalue weighted by Gasteiger charge is 2.24. The van der Waals surface area contributed by atoms with Crippen LogP contribution in [0.5, 0.6) is 0 Å². The molecule has 0 saturated carbocycles. The number of likely N-dealkylation sites (N-methyl/N-ethyl adjacent to an activating group) is 1. The fourth-order valence-electron chi connectivity index (χ4n) is 2.37. The summed E-state index contributed by atoms with van der Waals surface area (Å²) in [5.41, 5.74) is 1.25. The Balaban J connectivity index is 1.66. The molecule has 1 fully saturated rings. The van der Waals surface area contributed by atoms with Gasteiger partial charge in [0, 0.05) is 32.7 Å². The van der Waals surface area contributed by atoms with Crippen LogP contribution in [0.4, 0.5) is 0 Å². The molecule has 0 radical (unpaired) electrons. The van der Waals surface area contributed by atoms with Gasteiger partial charge in [0.25, 0.3) is 0 Å². The number of nitrogens with one attached hydrogen (secondary N) is 1. The molecule has 0 spiro atoms. The molecule has 1 aliphatic rings. The van der Waals surface area contributed by atoms with Crippen molar-refractivity contribution in [3.05, 3.63) is 35.9 Å². The van der Waals surface area contributed by atoms with Crippen LogP contribution in [0.15, 0.2) is 30.3 Å². The highest BCUT2D eigenvalue weighted by Crippen LogP contribution is 2.02. The van der Waals surface area contributed by atoms with E-state index in [1.807, 2.05) is 25.2 Å². The normalized spacial score (nSPS) is 15.8. The van der Waals surface area contributed by atoms with Gasteiger partial charge in [-0.25, -0.2) is 0 Å². The fraction of sp³-hybridized carbons (Fsp3) is 0.500. The molecule has 0 unspecified atom stereocenters. The number of hydrogen-bond donors (Lipinski definition) is 1. The molecule has 2 amide bonds. The highest BCUT2D eigenvalue weighted by atomic mass is 16.2. The van der Waals surface area contributed by atoms with Crippen molar-refractivity contribution in [3.8, 4) is 0 Å². The SMILES string of the molecule is CN1CCN(C(=O)C(=O)NCCCc2ccccc2)CC1. The molecular weight excluding hydrogens is 266 g/mol. The van der Waals surface area contributed by atoms with Crippen molar-refractivity contribution in [1.29, 1.82) is 0 Å². The van der Waals surface area contributed by atoms with E-state index in [4.69, 9.17) is 0 Å². The third kappa shape index (κ3) is 4.86. The van der Waals surface area contributed by atoms with Crippen molar-refractivity contribution in [1.82, 2.24) is 15.1 Å². The van der Waals surface area contributed by atoms with E-state index in [9.17, 15) is 9.59 Å². The van der Waals surface area contributed by atoms with Crippen LogP contribution in [-0.2, 0) is 16.0 Å². The minimum Gasteiger partial charge on any atom is -0.348 e. The lowest BCUT2D eigenvalue weighted by Gasteiger charge is -2.31. The van der Waals surface area contributed by atoms with E-state index in [0.29, 0.717) is 19.6 Å². The lowest BCUT2D eigenvalue weighted by molar-refractivity contribution is -0.146. The molecule has 5 nitrogen and oxygen atoms in total. The Labute approximate surface area is 125 Å². The Hall–Kier alpha value is -1.88. The summed E-state index contributed by atoms with van der Waals surface area (Å²) in [6.07, 6.45) is 1.75. The number of hydrogen-bond acceptors (Lipinski definition) is 3. The Bertz CT molecular complexity index is 468. The van der Waals surface area contributed by atoms with Gasteiger partial charge in [0.1, 0.15) is 0 Å². The lowest BCUT2D eigenvalue weighted by atomic mass is 10.1. The molecule has 1 heterocycles. The van der Waals surface area contributed by atoms with Crippen LogP contribution in [-0.4, -0.2) is 61.4 Å². The summed E-state index contributed by atoms with van der Waals surface area (Å²) in [6, 6.07) is 10.1. The van der Waals surface area contributed by atoms with E-state index >= 15 is 0 Å². The standard InChI is InChI=1S/C16H23N3O2/c1-18-10-12-19(13-11-18)16(21)15(20)17-9-5-8-14-6-3-2-4-7-14/h2-4,6-7H,5,8-13H2,1H3,(H,17,20). The minimum atomic E-state index is -0.479. The van der Waals surface area contributed by atoms with Crippen LogP contribution in [0.2, 0.25) is 0 Å². The van der Waals surface area contributed by atoms with Gasteiger partial charge in [-0.2, -0.15) is 0 Å². The van der Waals surface area contributed by atoms with Gasteiger partial charge in [0.15, 0.2) is 0 Å². The van der Waals surface area contributed by atoms with Crippen LogP contribution in [0.25, 0.3) is 0 Å². The Morgan fingerprint density at radius 1 is 1.10 bits per heavy atom. The molecule has 1 aromatic carbocycles. The summed E-state index contributed by atoms with van der Waals surface area (Å²) in [4.78, 5) is 27.6. The predicted octanol–water partition coefficient (Wildman–Crippen LogP) is 0.509. The molecule has 21 heavy (non-hydrogen) atoms. The molecule has 1 N–H and O–H groups in total. The molecule has 1 aromatic rings. The van der Waals surface area contributed by atoms with E-state index < -0.39 is 11.8 Å². The molecule has 1 saturated heterocycles. The van der Waals surface area contributed by atoms with Crippen molar-refractivity contribution >= 4 is 11.8 Å². The molecule has 0 aromatic heterocycles. The number of nitrogens with zero attached hydrogens (tertiary/aromatic N) is 2. The molecule has 0 aliphatic carbocycles. The van der Waals surface area contributed by atoms with Gasteiger partial charge in [-0.1, -0.05) is 30.3 Å². The molecule has 1 aliphatic heterocycles. The second-order valence-electron chi connectivity index (χ2n) is 5.44. The second kappa shape index (κ2) is 7.78. The van der Waals surface area contributed by atoms with Crippen LogP contribution in [0.3, 0.4) is 0 Å². The summed E-state index contributed by atoms with van der Waals surface area (Å²) in [6.45, 7) is 3.45. The Morgan fingerprint density at radius 3 is 2.43 bits per heavy atom. The van der Waals surface area contributed by atoms with Crippen molar-refractivity contribution < 1.29 is 9.59 Å². The number of benzene rings is 1. The summed E-state index contributed by atoms with van der Waals surface area (Å²) in [7, 11) is 2.02. The summed E-state index contributed by atoms with van der Waals surface area (Å²) in [5, 5.41) is 2.72. The number of amides is 2. The summed E-state index contributed by atoms with van der Waals surface area (Å²) >= 11 is 0.